The van der Waals surface area contributed by atoms with Crippen LogP contribution in [0.1, 0.15) is 32.5 Å². The van der Waals surface area contributed by atoms with Gasteiger partial charge in [-0.05, 0) is 16.7 Å². The predicted octanol–water partition coefficient (Wildman–Crippen LogP) is 0.260. The fourth-order valence-electron chi connectivity index (χ4n) is 1.72. The second-order valence-electron chi connectivity index (χ2n) is 4.96. The van der Waals surface area contributed by atoms with Crippen molar-refractivity contribution in [2.45, 2.75) is 0 Å². The first-order chi connectivity index (χ1) is 12.9. The van der Waals surface area contributed by atoms with E-state index < -0.39 is 17.9 Å². The van der Waals surface area contributed by atoms with Crippen LogP contribution in [0, 0.1) is 0 Å². The summed E-state index contributed by atoms with van der Waals surface area (Å²) in [5.41, 5.74) is 0.660. The number of aromatic carboxylic acids is 3. The van der Waals surface area contributed by atoms with Gasteiger partial charge in [0.25, 0.3) is 0 Å². The molecule has 3 aromatic carbocycles. The SMILES string of the molecule is O=C([O-])c1ccccc1.O=C([O-])c1ccccc1.O=C([O-])c1ccccc1.[H+].[Zn+2]. The summed E-state index contributed by atoms with van der Waals surface area (Å²) in [6.07, 6.45) is 0. The topological polar surface area (TPSA) is 120 Å². The van der Waals surface area contributed by atoms with Gasteiger partial charge in [-0.25, -0.2) is 0 Å². The molecule has 0 atom stereocenters. The zero-order valence-corrected chi connectivity index (χ0v) is 17.8. The molecule has 138 valence electrons. The minimum Gasteiger partial charge on any atom is -0.545 e. The zero-order valence-electron chi connectivity index (χ0n) is 15.8. The van der Waals surface area contributed by atoms with E-state index in [1.807, 2.05) is 0 Å². The second-order valence-corrected chi connectivity index (χ2v) is 4.96. The van der Waals surface area contributed by atoms with Crippen molar-refractivity contribution < 1.29 is 50.6 Å². The summed E-state index contributed by atoms with van der Waals surface area (Å²) in [4.78, 5) is 30.3. The molecule has 0 radical (unpaired) electrons. The molecule has 0 saturated carbocycles. The summed E-state index contributed by atoms with van der Waals surface area (Å²) in [5.74, 6) is -3.39. The van der Waals surface area contributed by atoms with Gasteiger partial charge in [0, 0.05) is 0 Å². The quantitative estimate of drug-likeness (QED) is 0.551. The van der Waals surface area contributed by atoms with Gasteiger partial charge in [0.1, 0.15) is 0 Å². The maximum atomic E-state index is 10.1. The Kier molecular flexibility index (Phi) is 12.2. The average molecular weight is 430 g/mol. The minimum absolute atomic E-state index is 0. The molecule has 0 saturated heterocycles. The third kappa shape index (κ3) is 9.99. The van der Waals surface area contributed by atoms with E-state index in [1.54, 1.807) is 54.6 Å². The van der Waals surface area contributed by atoms with Gasteiger partial charge in [-0.3, -0.25) is 0 Å². The second kappa shape index (κ2) is 13.8. The molecule has 28 heavy (non-hydrogen) atoms. The number of carbonyl (C=O) groups is 3. The Morgan fingerprint density at radius 2 is 0.643 bits per heavy atom. The van der Waals surface area contributed by atoms with E-state index in [1.165, 1.54) is 36.4 Å². The standard InChI is InChI=1S/3C7H6O2.Zn/c3*8-7(9)6-4-2-1-3-5-6;/h3*1-5H,(H,8,9);/q;;;+2/p-2. The first kappa shape index (κ1) is 24.7. The van der Waals surface area contributed by atoms with Crippen LogP contribution in [0.15, 0.2) is 91.0 Å². The summed E-state index contributed by atoms with van der Waals surface area (Å²) in [7, 11) is 0. The van der Waals surface area contributed by atoms with Gasteiger partial charge in [0.05, 0.1) is 17.9 Å². The van der Waals surface area contributed by atoms with Crippen LogP contribution in [0.2, 0.25) is 0 Å². The normalized spacial score (nSPS) is 8.57. The number of carbonyl (C=O) groups excluding carboxylic acids is 3. The maximum Gasteiger partial charge on any atom is 2.00 e. The van der Waals surface area contributed by atoms with Gasteiger partial charge in [-0.15, -0.1) is 0 Å². The van der Waals surface area contributed by atoms with Gasteiger partial charge >= 0.3 is 20.9 Å². The summed E-state index contributed by atoms with van der Waals surface area (Å²) >= 11 is 0. The van der Waals surface area contributed by atoms with Crippen molar-refractivity contribution in [1.29, 1.82) is 0 Å². The number of rotatable bonds is 3. The Bertz CT molecular complexity index is 740. The van der Waals surface area contributed by atoms with Crippen LogP contribution in [0.25, 0.3) is 0 Å². The van der Waals surface area contributed by atoms with E-state index in [2.05, 4.69) is 0 Å². The van der Waals surface area contributed by atoms with Gasteiger partial charge in [0.15, 0.2) is 0 Å². The first-order valence-corrected chi connectivity index (χ1v) is 7.71. The molecule has 0 N–H and O–H groups in total. The fraction of sp³-hybridized carbons (Fsp3) is 0. The smallest absolute Gasteiger partial charge is 0.545 e. The van der Waals surface area contributed by atoms with Gasteiger partial charge < -0.3 is 29.7 Å². The molecule has 0 aliphatic rings. The van der Waals surface area contributed by atoms with Crippen LogP contribution < -0.4 is 15.3 Å². The summed E-state index contributed by atoms with van der Waals surface area (Å²) in [6, 6.07) is 24.2. The van der Waals surface area contributed by atoms with E-state index in [0.29, 0.717) is 0 Å². The Morgan fingerprint density at radius 1 is 0.464 bits per heavy atom. The number of hydrogen-bond acceptors (Lipinski definition) is 6. The number of benzene rings is 3. The molecule has 6 nitrogen and oxygen atoms in total. The molecule has 0 unspecified atom stereocenters. The molecule has 0 heterocycles. The predicted molar refractivity (Wildman–Crippen MR) is 93.4 cm³/mol. The fourth-order valence-corrected chi connectivity index (χ4v) is 1.72. The zero-order chi connectivity index (χ0) is 20.1. The van der Waals surface area contributed by atoms with Crippen LogP contribution in [0.4, 0.5) is 0 Å². The van der Waals surface area contributed by atoms with E-state index in [9.17, 15) is 29.7 Å². The molecular formula is C21H16O6Zn. The third-order valence-electron chi connectivity index (χ3n) is 3.03. The number of carboxylic acid groups (broad SMARTS) is 3. The Labute approximate surface area is 176 Å². The van der Waals surface area contributed by atoms with Crippen molar-refractivity contribution in [3.05, 3.63) is 108 Å². The van der Waals surface area contributed by atoms with Crippen LogP contribution in [-0.4, -0.2) is 17.9 Å². The summed E-state index contributed by atoms with van der Waals surface area (Å²) in [6.45, 7) is 0. The van der Waals surface area contributed by atoms with Crippen molar-refractivity contribution in [3.63, 3.8) is 0 Å². The molecule has 0 spiro atoms. The molecule has 0 fully saturated rings. The maximum absolute atomic E-state index is 10.1. The van der Waals surface area contributed by atoms with Gasteiger partial charge in [0.2, 0.25) is 0 Å². The average Bonchev–Trinajstić information content (AvgIpc) is 2.71. The van der Waals surface area contributed by atoms with Crippen LogP contribution in [0.5, 0.6) is 0 Å². The first-order valence-electron chi connectivity index (χ1n) is 7.71. The monoisotopic (exact) mass is 428 g/mol. The molecular weight excluding hydrogens is 414 g/mol. The van der Waals surface area contributed by atoms with Crippen molar-refractivity contribution in [1.82, 2.24) is 0 Å². The van der Waals surface area contributed by atoms with Crippen LogP contribution >= 0.6 is 0 Å². The minimum atomic E-state index is -1.13. The summed E-state index contributed by atoms with van der Waals surface area (Å²) in [5, 5.41) is 30.3. The van der Waals surface area contributed by atoms with E-state index in [-0.39, 0.29) is 37.6 Å². The molecule has 3 rings (SSSR count). The van der Waals surface area contributed by atoms with Crippen molar-refractivity contribution in [2.24, 2.45) is 0 Å². The largest absolute Gasteiger partial charge is 2.00 e. The van der Waals surface area contributed by atoms with Crippen LogP contribution in [-0.2, 0) is 19.5 Å². The van der Waals surface area contributed by atoms with Crippen molar-refractivity contribution >= 4 is 17.9 Å². The van der Waals surface area contributed by atoms with Crippen LogP contribution in [0.3, 0.4) is 0 Å². The van der Waals surface area contributed by atoms with Crippen molar-refractivity contribution in [2.75, 3.05) is 0 Å². The van der Waals surface area contributed by atoms with E-state index in [4.69, 9.17) is 0 Å². The Morgan fingerprint density at radius 3 is 0.750 bits per heavy atom. The number of hydrogen-bond donors (Lipinski definition) is 0. The van der Waals surface area contributed by atoms with E-state index >= 15 is 0 Å². The molecule has 7 heteroatoms. The number of carboxylic acids is 3. The Hall–Kier alpha value is -3.31. The van der Waals surface area contributed by atoms with Crippen molar-refractivity contribution in [3.8, 4) is 0 Å². The van der Waals surface area contributed by atoms with E-state index in [0.717, 1.165) is 0 Å². The molecule has 0 aliphatic heterocycles. The van der Waals surface area contributed by atoms with Gasteiger partial charge in [-0.1, -0.05) is 91.0 Å². The Balaban J connectivity index is 0. The third-order valence-corrected chi connectivity index (χ3v) is 3.03. The van der Waals surface area contributed by atoms with Gasteiger partial charge in [-0.2, -0.15) is 0 Å². The molecule has 0 amide bonds. The molecule has 3 aromatic rings. The molecule has 0 aromatic heterocycles. The molecule has 0 aliphatic carbocycles. The summed E-state index contributed by atoms with van der Waals surface area (Å²) < 4.78 is 0. The molecule has 0 bridgehead atoms.